The maximum absolute atomic E-state index is 10.5. The third-order valence-electron chi connectivity index (χ3n) is 2.41. The van der Waals surface area contributed by atoms with Gasteiger partial charge in [0.15, 0.2) is 0 Å². The molecule has 0 atom stereocenters. The first kappa shape index (κ1) is 10.9. The van der Waals surface area contributed by atoms with Crippen molar-refractivity contribution in [2.24, 2.45) is 0 Å². The van der Waals surface area contributed by atoms with Crippen LogP contribution in [0.15, 0.2) is 42.5 Å². The van der Waals surface area contributed by atoms with Crippen molar-refractivity contribution in [2.45, 2.75) is 0 Å². The van der Waals surface area contributed by atoms with Gasteiger partial charge in [0.25, 0.3) is 5.69 Å². The summed E-state index contributed by atoms with van der Waals surface area (Å²) in [6.07, 6.45) is 0. The molecule has 0 aliphatic carbocycles. The minimum Gasteiger partial charge on any atom is -0.507 e. The molecule has 2 aromatic rings. The van der Waals surface area contributed by atoms with Crippen molar-refractivity contribution in [1.82, 2.24) is 0 Å². The van der Waals surface area contributed by atoms with Crippen LogP contribution < -0.4 is 5.73 Å². The summed E-state index contributed by atoms with van der Waals surface area (Å²) in [7, 11) is 0. The Kier molecular flexibility index (Phi) is 2.66. The number of benzene rings is 2. The van der Waals surface area contributed by atoms with E-state index in [1.54, 1.807) is 24.3 Å². The Balaban J connectivity index is 2.43. The molecule has 0 saturated carbocycles. The number of nitrogens with zero attached hydrogens (tertiary/aromatic N) is 1. The summed E-state index contributed by atoms with van der Waals surface area (Å²) in [6, 6.07) is 10.7. The number of aromatic hydroxyl groups is 1. The lowest BCUT2D eigenvalue weighted by Gasteiger charge is -2.05. The molecule has 0 aliphatic rings. The first-order chi connectivity index (χ1) is 8.08. The Morgan fingerprint density at radius 1 is 1.12 bits per heavy atom. The first-order valence-electron chi connectivity index (χ1n) is 4.91. The molecule has 0 aliphatic heterocycles. The van der Waals surface area contributed by atoms with Gasteiger partial charge in [0.05, 0.1) is 4.92 Å². The summed E-state index contributed by atoms with van der Waals surface area (Å²) >= 11 is 0. The third-order valence-corrected chi connectivity index (χ3v) is 2.41. The van der Waals surface area contributed by atoms with Crippen LogP contribution in [-0.4, -0.2) is 10.0 Å². The van der Waals surface area contributed by atoms with Gasteiger partial charge in [-0.05, 0) is 29.8 Å². The van der Waals surface area contributed by atoms with Crippen LogP contribution in [0.1, 0.15) is 0 Å². The zero-order valence-electron chi connectivity index (χ0n) is 8.83. The summed E-state index contributed by atoms with van der Waals surface area (Å²) in [4.78, 5) is 10.0. The van der Waals surface area contributed by atoms with Gasteiger partial charge < -0.3 is 10.8 Å². The highest BCUT2D eigenvalue weighted by molar-refractivity contribution is 5.73. The number of hydrogen-bond acceptors (Lipinski definition) is 4. The quantitative estimate of drug-likeness (QED) is 0.471. The van der Waals surface area contributed by atoms with Crippen molar-refractivity contribution >= 4 is 11.4 Å². The van der Waals surface area contributed by atoms with Crippen LogP contribution in [0.4, 0.5) is 11.4 Å². The summed E-state index contributed by atoms with van der Waals surface area (Å²) < 4.78 is 0. The summed E-state index contributed by atoms with van der Waals surface area (Å²) in [5, 5.41) is 20.2. The van der Waals surface area contributed by atoms with Gasteiger partial charge in [-0.2, -0.15) is 0 Å². The number of non-ortho nitro benzene ring substituents is 1. The van der Waals surface area contributed by atoms with E-state index in [1.165, 1.54) is 18.2 Å². The molecule has 0 saturated heterocycles. The molecular weight excluding hydrogens is 220 g/mol. The van der Waals surface area contributed by atoms with Crippen molar-refractivity contribution in [3.63, 3.8) is 0 Å². The second-order valence-corrected chi connectivity index (χ2v) is 3.58. The molecule has 0 amide bonds. The predicted molar refractivity (Wildman–Crippen MR) is 64.6 cm³/mol. The van der Waals surface area contributed by atoms with Gasteiger partial charge >= 0.3 is 0 Å². The second-order valence-electron chi connectivity index (χ2n) is 3.58. The summed E-state index contributed by atoms with van der Waals surface area (Å²) in [6.45, 7) is 0. The van der Waals surface area contributed by atoms with Gasteiger partial charge in [-0.1, -0.05) is 0 Å². The Hall–Kier alpha value is -2.56. The van der Waals surface area contributed by atoms with Crippen molar-refractivity contribution in [2.75, 3.05) is 5.73 Å². The van der Waals surface area contributed by atoms with E-state index in [-0.39, 0.29) is 11.4 Å². The van der Waals surface area contributed by atoms with Crippen molar-refractivity contribution in [3.05, 3.63) is 52.6 Å². The number of phenolic OH excluding ortho intramolecular Hbond substituents is 1. The average Bonchev–Trinajstić information content (AvgIpc) is 2.29. The number of anilines is 1. The van der Waals surface area contributed by atoms with Crippen LogP contribution in [0.2, 0.25) is 0 Å². The van der Waals surface area contributed by atoms with Gasteiger partial charge in [0, 0.05) is 29.4 Å². The molecule has 0 bridgehead atoms. The van der Waals surface area contributed by atoms with Crippen molar-refractivity contribution < 1.29 is 10.0 Å². The van der Waals surface area contributed by atoms with E-state index in [0.717, 1.165) is 0 Å². The van der Waals surface area contributed by atoms with Crippen LogP contribution in [0, 0.1) is 10.1 Å². The van der Waals surface area contributed by atoms with Crippen LogP contribution >= 0.6 is 0 Å². The van der Waals surface area contributed by atoms with Gasteiger partial charge in [-0.3, -0.25) is 10.1 Å². The molecule has 3 N–H and O–H groups in total. The fraction of sp³-hybridized carbons (Fsp3) is 0. The van der Waals surface area contributed by atoms with E-state index in [0.29, 0.717) is 16.8 Å². The van der Waals surface area contributed by atoms with Crippen LogP contribution in [-0.2, 0) is 0 Å². The largest absolute Gasteiger partial charge is 0.507 e. The Labute approximate surface area is 97.3 Å². The molecule has 2 rings (SSSR count). The minimum atomic E-state index is -0.466. The molecule has 86 valence electrons. The predicted octanol–water partition coefficient (Wildman–Crippen LogP) is 2.55. The zero-order valence-corrected chi connectivity index (χ0v) is 8.83. The normalized spacial score (nSPS) is 10.1. The highest BCUT2D eigenvalue weighted by Crippen LogP contribution is 2.31. The molecular formula is C12H10N2O3. The number of nitro benzene ring substituents is 1. The van der Waals surface area contributed by atoms with E-state index in [4.69, 9.17) is 5.73 Å². The number of hydrogen-bond donors (Lipinski definition) is 2. The van der Waals surface area contributed by atoms with Gasteiger partial charge in [0.1, 0.15) is 5.75 Å². The molecule has 0 radical (unpaired) electrons. The minimum absolute atomic E-state index is 0.0173. The SMILES string of the molecule is Nc1ccc(-c2ccc([N+](=O)[O-])cc2)c(O)c1. The highest BCUT2D eigenvalue weighted by atomic mass is 16.6. The van der Waals surface area contributed by atoms with Gasteiger partial charge in [-0.25, -0.2) is 0 Å². The number of nitrogens with two attached hydrogens (primary N) is 1. The fourth-order valence-electron chi connectivity index (χ4n) is 1.56. The number of nitrogen functional groups attached to an aromatic ring is 1. The summed E-state index contributed by atoms with van der Waals surface area (Å²) in [5.74, 6) is 0.0545. The second kappa shape index (κ2) is 4.13. The molecule has 0 unspecified atom stereocenters. The molecule has 0 aromatic heterocycles. The van der Waals surface area contributed by atoms with Gasteiger partial charge in [-0.15, -0.1) is 0 Å². The highest BCUT2D eigenvalue weighted by Gasteiger charge is 2.08. The Morgan fingerprint density at radius 3 is 2.29 bits per heavy atom. The molecule has 2 aromatic carbocycles. The van der Waals surface area contributed by atoms with Crippen LogP contribution in [0.5, 0.6) is 5.75 Å². The van der Waals surface area contributed by atoms with E-state index in [9.17, 15) is 15.2 Å². The zero-order chi connectivity index (χ0) is 12.4. The first-order valence-corrected chi connectivity index (χ1v) is 4.91. The smallest absolute Gasteiger partial charge is 0.269 e. The number of nitro groups is 1. The van der Waals surface area contributed by atoms with E-state index in [1.807, 2.05) is 0 Å². The molecule has 0 fully saturated rings. The average molecular weight is 230 g/mol. The maximum atomic E-state index is 10.5. The monoisotopic (exact) mass is 230 g/mol. The molecule has 17 heavy (non-hydrogen) atoms. The lowest BCUT2D eigenvalue weighted by atomic mass is 10.0. The van der Waals surface area contributed by atoms with E-state index < -0.39 is 4.92 Å². The van der Waals surface area contributed by atoms with Gasteiger partial charge in [0.2, 0.25) is 0 Å². The standard InChI is InChI=1S/C12H10N2O3/c13-9-3-6-11(12(15)7-9)8-1-4-10(5-2-8)14(16)17/h1-7,15H,13H2. The Morgan fingerprint density at radius 2 is 1.76 bits per heavy atom. The molecule has 5 heteroatoms. The van der Waals surface area contributed by atoms with Crippen molar-refractivity contribution in [1.29, 1.82) is 0 Å². The molecule has 5 nitrogen and oxygen atoms in total. The van der Waals surface area contributed by atoms with E-state index >= 15 is 0 Å². The lowest BCUT2D eigenvalue weighted by Crippen LogP contribution is -1.88. The van der Waals surface area contributed by atoms with Crippen LogP contribution in [0.25, 0.3) is 11.1 Å². The summed E-state index contributed by atoms with van der Waals surface area (Å²) in [5.41, 5.74) is 7.30. The molecule has 0 heterocycles. The Bertz CT molecular complexity index is 564. The third kappa shape index (κ3) is 2.17. The number of rotatable bonds is 2. The maximum Gasteiger partial charge on any atom is 0.269 e. The van der Waals surface area contributed by atoms with Crippen LogP contribution in [0.3, 0.4) is 0 Å². The van der Waals surface area contributed by atoms with E-state index in [2.05, 4.69) is 0 Å². The molecule has 0 spiro atoms. The topological polar surface area (TPSA) is 89.4 Å². The number of phenols is 1. The van der Waals surface area contributed by atoms with Crippen molar-refractivity contribution in [3.8, 4) is 16.9 Å². The lowest BCUT2D eigenvalue weighted by molar-refractivity contribution is -0.384. The fourth-order valence-corrected chi connectivity index (χ4v) is 1.56.